The summed E-state index contributed by atoms with van der Waals surface area (Å²) in [5, 5.41) is 13.9. The lowest BCUT2D eigenvalue weighted by atomic mass is 9.89. The molecule has 0 aliphatic carbocycles. The monoisotopic (exact) mass is 244 g/mol. The van der Waals surface area contributed by atoms with Gasteiger partial charge in [-0.15, -0.1) is 11.3 Å². The van der Waals surface area contributed by atoms with Crippen LogP contribution in [-0.2, 0) is 5.60 Å². The highest BCUT2D eigenvalue weighted by molar-refractivity contribution is 7.17. The summed E-state index contributed by atoms with van der Waals surface area (Å²) in [5.41, 5.74) is 0.682. The quantitative estimate of drug-likeness (QED) is 0.744. The van der Waals surface area contributed by atoms with Gasteiger partial charge in [-0.25, -0.2) is 0 Å². The van der Waals surface area contributed by atoms with E-state index in [1.165, 1.54) is 0 Å². The van der Waals surface area contributed by atoms with Gasteiger partial charge in [0, 0.05) is 15.8 Å². The Bertz CT molecular complexity index is 635. The predicted molar refractivity (Wildman–Crippen MR) is 69.2 cm³/mol. The molecule has 0 fully saturated rings. The molecular weight excluding hydrogens is 232 g/mol. The molecule has 2 heterocycles. The third-order valence-corrected chi connectivity index (χ3v) is 4.05. The molecule has 0 saturated carbocycles. The molecule has 3 aromatic rings. The van der Waals surface area contributed by atoms with Crippen molar-refractivity contribution in [2.45, 2.75) is 12.5 Å². The van der Waals surface area contributed by atoms with E-state index in [4.69, 9.17) is 4.42 Å². The molecule has 0 radical (unpaired) electrons. The van der Waals surface area contributed by atoms with Crippen molar-refractivity contribution in [3.8, 4) is 0 Å². The summed E-state index contributed by atoms with van der Waals surface area (Å²) in [6.07, 6.45) is 3.17. The fraction of sp³-hybridized carbons (Fsp3) is 0.143. The molecule has 1 unspecified atom stereocenters. The third kappa shape index (κ3) is 1.59. The smallest absolute Gasteiger partial charge is 0.116 e. The molecule has 17 heavy (non-hydrogen) atoms. The molecule has 2 aromatic heterocycles. The average Bonchev–Trinajstić information content (AvgIpc) is 2.99. The van der Waals surface area contributed by atoms with Crippen LogP contribution in [0.4, 0.5) is 0 Å². The molecule has 1 N–H and O–H groups in total. The Kier molecular flexibility index (Phi) is 2.31. The summed E-state index contributed by atoms with van der Waals surface area (Å²) in [5.74, 6) is 0. The first-order valence-corrected chi connectivity index (χ1v) is 6.29. The topological polar surface area (TPSA) is 33.4 Å². The van der Waals surface area contributed by atoms with E-state index in [1.54, 1.807) is 36.9 Å². The minimum absolute atomic E-state index is 0.776. The first-order valence-electron chi connectivity index (χ1n) is 5.41. The van der Waals surface area contributed by atoms with Gasteiger partial charge in [-0.1, -0.05) is 18.2 Å². The second-order valence-electron chi connectivity index (χ2n) is 4.23. The SMILES string of the molecule is CC(O)(c1ccoc1)c1cccc2ccsc12. The number of hydrogen-bond acceptors (Lipinski definition) is 3. The standard InChI is InChI=1S/C14H12O2S/c1-14(15,11-5-7-16-9-11)12-4-2-3-10-6-8-17-13(10)12/h2-9,15H,1H3. The Hall–Kier alpha value is -1.58. The zero-order valence-electron chi connectivity index (χ0n) is 9.38. The first kappa shape index (κ1) is 10.6. The van der Waals surface area contributed by atoms with Gasteiger partial charge in [0.05, 0.1) is 12.5 Å². The lowest BCUT2D eigenvalue weighted by Crippen LogP contribution is -2.21. The number of aliphatic hydroxyl groups is 1. The van der Waals surface area contributed by atoms with E-state index in [0.29, 0.717) is 0 Å². The van der Waals surface area contributed by atoms with E-state index in [2.05, 4.69) is 12.1 Å². The molecule has 0 amide bonds. The molecule has 86 valence electrons. The molecule has 0 bridgehead atoms. The van der Waals surface area contributed by atoms with Gasteiger partial charge in [0.15, 0.2) is 0 Å². The van der Waals surface area contributed by atoms with Crippen LogP contribution in [0.15, 0.2) is 52.7 Å². The maximum absolute atomic E-state index is 10.7. The summed E-state index contributed by atoms with van der Waals surface area (Å²) >= 11 is 1.65. The Morgan fingerprint density at radius 1 is 1.24 bits per heavy atom. The molecule has 0 spiro atoms. The van der Waals surface area contributed by atoms with E-state index < -0.39 is 5.60 Å². The van der Waals surface area contributed by atoms with Gasteiger partial charge < -0.3 is 9.52 Å². The largest absolute Gasteiger partial charge is 0.472 e. The van der Waals surface area contributed by atoms with Gasteiger partial charge in [0.25, 0.3) is 0 Å². The van der Waals surface area contributed by atoms with Gasteiger partial charge in [0.1, 0.15) is 5.60 Å². The molecule has 0 aliphatic rings. The van der Waals surface area contributed by atoms with Crippen LogP contribution in [0.3, 0.4) is 0 Å². The molecule has 3 rings (SSSR count). The molecular formula is C14H12O2S. The second-order valence-corrected chi connectivity index (χ2v) is 5.14. The second kappa shape index (κ2) is 3.72. The lowest BCUT2D eigenvalue weighted by Gasteiger charge is -2.23. The van der Waals surface area contributed by atoms with Gasteiger partial charge >= 0.3 is 0 Å². The Balaban J connectivity index is 2.24. The summed E-state index contributed by atoms with van der Waals surface area (Å²) in [6.45, 7) is 1.80. The van der Waals surface area contributed by atoms with Gasteiger partial charge in [-0.05, 0) is 29.8 Å². The maximum atomic E-state index is 10.7. The highest BCUT2D eigenvalue weighted by Crippen LogP contribution is 2.36. The van der Waals surface area contributed by atoms with Crippen LogP contribution in [0.1, 0.15) is 18.1 Å². The van der Waals surface area contributed by atoms with Crippen LogP contribution >= 0.6 is 11.3 Å². The zero-order valence-corrected chi connectivity index (χ0v) is 10.2. The number of furan rings is 1. The Morgan fingerprint density at radius 3 is 2.88 bits per heavy atom. The fourth-order valence-corrected chi connectivity index (χ4v) is 3.09. The summed E-state index contributed by atoms with van der Waals surface area (Å²) in [4.78, 5) is 0. The van der Waals surface area contributed by atoms with Crippen LogP contribution in [0.25, 0.3) is 10.1 Å². The zero-order chi connectivity index (χ0) is 11.9. The predicted octanol–water partition coefficient (Wildman–Crippen LogP) is 3.75. The molecule has 1 atom stereocenters. The Labute approximate surface area is 103 Å². The summed E-state index contributed by atoms with van der Waals surface area (Å²) in [7, 11) is 0. The average molecular weight is 244 g/mol. The van der Waals surface area contributed by atoms with Crippen molar-refractivity contribution in [2.24, 2.45) is 0 Å². The van der Waals surface area contributed by atoms with Crippen LogP contribution in [0.5, 0.6) is 0 Å². The van der Waals surface area contributed by atoms with E-state index >= 15 is 0 Å². The van der Waals surface area contributed by atoms with Crippen molar-refractivity contribution in [3.63, 3.8) is 0 Å². The molecule has 0 aliphatic heterocycles. The van der Waals surface area contributed by atoms with Crippen LogP contribution in [0.2, 0.25) is 0 Å². The highest BCUT2D eigenvalue weighted by atomic mass is 32.1. The maximum Gasteiger partial charge on any atom is 0.116 e. The van der Waals surface area contributed by atoms with E-state index in [1.807, 2.05) is 17.5 Å². The van der Waals surface area contributed by atoms with Gasteiger partial charge in [0.2, 0.25) is 0 Å². The summed E-state index contributed by atoms with van der Waals surface area (Å²) in [6, 6.07) is 9.85. The fourth-order valence-electron chi connectivity index (χ4n) is 2.07. The third-order valence-electron chi connectivity index (χ3n) is 3.09. The van der Waals surface area contributed by atoms with Crippen LogP contribution < -0.4 is 0 Å². The lowest BCUT2D eigenvalue weighted by molar-refractivity contribution is 0.103. The van der Waals surface area contributed by atoms with Gasteiger partial charge in [-0.2, -0.15) is 0 Å². The van der Waals surface area contributed by atoms with Crippen molar-refractivity contribution in [1.29, 1.82) is 0 Å². The van der Waals surface area contributed by atoms with Crippen molar-refractivity contribution in [3.05, 3.63) is 59.4 Å². The number of fused-ring (bicyclic) bond motifs is 1. The van der Waals surface area contributed by atoms with Crippen molar-refractivity contribution in [2.75, 3.05) is 0 Å². The van der Waals surface area contributed by atoms with Crippen molar-refractivity contribution < 1.29 is 9.52 Å². The minimum Gasteiger partial charge on any atom is -0.472 e. The van der Waals surface area contributed by atoms with E-state index in [-0.39, 0.29) is 0 Å². The number of rotatable bonds is 2. The highest BCUT2D eigenvalue weighted by Gasteiger charge is 2.28. The number of benzene rings is 1. The number of hydrogen-bond donors (Lipinski definition) is 1. The Morgan fingerprint density at radius 2 is 2.12 bits per heavy atom. The van der Waals surface area contributed by atoms with E-state index in [0.717, 1.165) is 21.2 Å². The van der Waals surface area contributed by atoms with Gasteiger partial charge in [-0.3, -0.25) is 0 Å². The van der Waals surface area contributed by atoms with Crippen LogP contribution in [-0.4, -0.2) is 5.11 Å². The molecule has 1 aromatic carbocycles. The van der Waals surface area contributed by atoms with Crippen molar-refractivity contribution in [1.82, 2.24) is 0 Å². The molecule has 2 nitrogen and oxygen atoms in total. The first-order chi connectivity index (χ1) is 8.19. The molecule has 3 heteroatoms. The molecule has 0 saturated heterocycles. The number of thiophene rings is 1. The minimum atomic E-state index is -1.02. The van der Waals surface area contributed by atoms with Crippen LogP contribution in [0, 0.1) is 0 Å². The normalized spacial score (nSPS) is 14.9. The van der Waals surface area contributed by atoms with Crippen molar-refractivity contribution >= 4 is 21.4 Å². The summed E-state index contributed by atoms with van der Waals surface area (Å²) < 4.78 is 6.18. The van der Waals surface area contributed by atoms with E-state index in [9.17, 15) is 5.11 Å².